The first-order valence-electron chi connectivity index (χ1n) is 13.3. The quantitative estimate of drug-likeness (QED) is 0.504. The molecule has 0 aliphatic carbocycles. The van der Waals surface area contributed by atoms with Gasteiger partial charge in [-0.3, -0.25) is 14.4 Å². The highest BCUT2D eigenvalue weighted by Crippen LogP contribution is 2.65. The van der Waals surface area contributed by atoms with Crippen LogP contribution in [-0.4, -0.2) is 64.3 Å². The minimum absolute atomic E-state index is 0.0527. The number of likely N-dealkylation sites (tertiary alicyclic amines) is 1. The molecule has 0 saturated carbocycles. The molecule has 8 heteroatoms. The molecule has 2 N–H and O–H groups in total. The number of para-hydroxylation sites is 1. The Hall–Kier alpha value is -2.45. The van der Waals surface area contributed by atoms with E-state index in [-0.39, 0.29) is 30.9 Å². The fourth-order valence-electron chi connectivity index (χ4n) is 6.92. The van der Waals surface area contributed by atoms with Crippen LogP contribution in [0.4, 0.5) is 5.69 Å². The number of hydrogen-bond acceptors (Lipinski definition) is 6. The zero-order valence-corrected chi connectivity index (χ0v) is 22.3. The van der Waals surface area contributed by atoms with Crippen LogP contribution < -0.4 is 5.32 Å². The summed E-state index contributed by atoms with van der Waals surface area (Å²) in [5.41, 5.74) is 0.561. The SMILES string of the molecule is CCOC(=O)[C@H]1[C@H]2C(=O)N([C@@H](CO)[C@@H](C)CC)C(C(=O)Nc3c(C)cccc3C)C23CC[C@]1(CC)O3. The fraction of sp³-hybridized carbons (Fsp3) is 0.679. The van der Waals surface area contributed by atoms with E-state index in [1.165, 1.54) is 0 Å². The Kier molecular flexibility index (Phi) is 7.23. The molecule has 0 radical (unpaired) electrons. The lowest BCUT2D eigenvalue weighted by Crippen LogP contribution is -2.57. The lowest BCUT2D eigenvalue weighted by molar-refractivity contribution is -0.162. The molecule has 2 bridgehead atoms. The lowest BCUT2D eigenvalue weighted by atomic mass is 9.65. The molecule has 3 aliphatic heterocycles. The first kappa shape index (κ1) is 26.6. The predicted molar refractivity (Wildman–Crippen MR) is 135 cm³/mol. The Morgan fingerprint density at radius 1 is 1.22 bits per heavy atom. The second kappa shape index (κ2) is 9.78. The Morgan fingerprint density at radius 2 is 1.89 bits per heavy atom. The third-order valence-corrected chi connectivity index (χ3v) is 8.98. The molecule has 7 atom stereocenters. The molecule has 1 spiro atoms. The van der Waals surface area contributed by atoms with Crippen LogP contribution in [0.3, 0.4) is 0 Å². The summed E-state index contributed by atoms with van der Waals surface area (Å²) in [5, 5.41) is 13.5. The molecule has 3 fully saturated rings. The average Bonchev–Trinajstić information content (AvgIpc) is 3.46. The lowest BCUT2D eigenvalue weighted by Gasteiger charge is -2.39. The molecule has 4 rings (SSSR count). The Balaban J connectivity index is 1.84. The number of aryl methyl sites for hydroxylation is 2. The molecular formula is C28H40N2O6. The van der Waals surface area contributed by atoms with Gasteiger partial charge in [-0.1, -0.05) is 45.4 Å². The van der Waals surface area contributed by atoms with E-state index in [0.717, 1.165) is 17.5 Å². The van der Waals surface area contributed by atoms with Crippen molar-refractivity contribution >= 4 is 23.5 Å². The minimum atomic E-state index is -1.15. The first-order valence-corrected chi connectivity index (χ1v) is 13.3. The monoisotopic (exact) mass is 500 g/mol. The highest BCUT2D eigenvalue weighted by Gasteiger charge is 2.79. The molecule has 0 aromatic heterocycles. The molecule has 198 valence electrons. The third-order valence-electron chi connectivity index (χ3n) is 8.98. The van der Waals surface area contributed by atoms with Crippen molar-refractivity contribution < 1.29 is 29.0 Å². The normalized spacial score (nSPS) is 32.4. The maximum atomic E-state index is 14.2. The van der Waals surface area contributed by atoms with Crippen LogP contribution in [0.2, 0.25) is 0 Å². The van der Waals surface area contributed by atoms with Crippen molar-refractivity contribution in [1.29, 1.82) is 0 Å². The first-order chi connectivity index (χ1) is 17.1. The zero-order chi connectivity index (χ0) is 26.4. The topological polar surface area (TPSA) is 105 Å². The van der Waals surface area contributed by atoms with Gasteiger partial charge in [-0.15, -0.1) is 0 Å². The van der Waals surface area contributed by atoms with Crippen molar-refractivity contribution in [2.75, 3.05) is 18.5 Å². The number of esters is 1. The second-order valence-corrected chi connectivity index (χ2v) is 10.7. The van der Waals surface area contributed by atoms with Crippen LogP contribution in [0, 0.1) is 31.6 Å². The van der Waals surface area contributed by atoms with Gasteiger partial charge in [-0.05, 0) is 57.1 Å². The minimum Gasteiger partial charge on any atom is -0.466 e. The van der Waals surface area contributed by atoms with Crippen LogP contribution in [0.5, 0.6) is 0 Å². The summed E-state index contributed by atoms with van der Waals surface area (Å²) in [6.45, 7) is 11.4. The van der Waals surface area contributed by atoms with Gasteiger partial charge in [-0.2, -0.15) is 0 Å². The molecule has 3 heterocycles. The predicted octanol–water partition coefficient (Wildman–Crippen LogP) is 3.37. The number of aliphatic hydroxyl groups excluding tert-OH is 1. The van der Waals surface area contributed by atoms with Crippen molar-refractivity contribution in [3.63, 3.8) is 0 Å². The number of fused-ring (bicyclic) bond motifs is 1. The summed E-state index contributed by atoms with van der Waals surface area (Å²) in [5.74, 6) is -2.75. The molecule has 3 aliphatic rings. The van der Waals surface area contributed by atoms with Crippen molar-refractivity contribution in [3.05, 3.63) is 29.3 Å². The van der Waals surface area contributed by atoms with Gasteiger partial charge in [0.1, 0.15) is 17.6 Å². The summed E-state index contributed by atoms with van der Waals surface area (Å²) in [6.07, 6.45) is 2.33. The van der Waals surface area contributed by atoms with E-state index in [0.29, 0.717) is 24.9 Å². The fourth-order valence-corrected chi connectivity index (χ4v) is 6.92. The number of nitrogens with one attached hydrogen (secondary N) is 1. The highest BCUT2D eigenvalue weighted by atomic mass is 16.6. The number of amides is 2. The van der Waals surface area contributed by atoms with Gasteiger partial charge < -0.3 is 24.8 Å². The van der Waals surface area contributed by atoms with Gasteiger partial charge in [-0.25, -0.2) is 0 Å². The molecular weight excluding hydrogens is 460 g/mol. The molecule has 1 aromatic carbocycles. The summed E-state index contributed by atoms with van der Waals surface area (Å²) < 4.78 is 12.2. The Bertz CT molecular complexity index is 1020. The summed E-state index contributed by atoms with van der Waals surface area (Å²) in [6, 6.07) is 4.25. The Morgan fingerprint density at radius 3 is 2.44 bits per heavy atom. The summed E-state index contributed by atoms with van der Waals surface area (Å²) in [7, 11) is 0. The van der Waals surface area contributed by atoms with Gasteiger partial charge in [0.2, 0.25) is 11.8 Å². The van der Waals surface area contributed by atoms with E-state index in [1.54, 1.807) is 11.8 Å². The van der Waals surface area contributed by atoms with Crippen molar-refractivity contribution in [2.24, 2.45) is 17.8 Å². The van der Waals surface area contributed by atoms with Crippen LogP contribution in [0.25, 0.3) is 0 Å². The number of rotatable bonds is 9. The number of benzene rings is 1. The zero-order valence-electron chi connectivity index (χ0n) is 22.3. The smallest absolute Gasteiger partial charge is 0.312 e. The molecule has 3 saturated heterocycles. The maximum Gasteiger partial charge on any atom is 0.312 e. The standard InChI is InChI=1S/C28H40N2O6/c1-7-16(4)19(15-31)30-23(24(32)29-22-17(5)11-10-12-18(22)6)28-14-13-27(8-2,36-28)21(20(28)25(30)33)26(34)35-9-3/h10-12,16,19-21,23,31H,7-9,13-15H2,1-6H3,(H,29,32)/t16-,19-,20-,21+,23?,27-,28?/m0/s1. The number of hydrogen-bond donors (Lipinski definition) is 2. The largest absolute Gasteiger partial charge is 0.466 e. The summed E-state index contributed by atoms with van der Waals surface area (Å²) in [4.78, 5) is 43.2. The summed E-state index contributed by atoms with van der Waals surface area (Å²) >= 11 is 0. The van der Waals surface area contributed by atoms with Crippen LogP contribution in [0.15, 0.2) is 18.2 Å². The number of aliphatic hydroxyl groups is 1. The van der Waals surface area contributed by atoms with E-state index in [9.17, 15) is 19.5 Å². The van der Waals surface area contributed by atoms with E-state index >= 15 is 0 Å². The molecule has 2 amide bonds. The van der Waals surface area contributed by atoms with E-state index < -0.39 is 41.1 Å². The van der Waals surface area contributed by atoms with Crippen LogP contribution in [-0.2, 0) is 23.9 Å². The van der Waals surface area contributed by atoms with Crippen molar-refractivity contribution in [1.82, 2.24) is 4.90 Å². The maximum absolute atomic E-state index is 14.2. The van der Waals surface area contributed by atoms with Gasteiger partial charge in [0.15, 0.2) is 0 Å². The van der Waals surface area contributed by atoms with E-state index in [1.807, 2.05) is 52.8 Å². The van der Waals surface area contributed by atoms with Crippen molar-refractivity contribution in [3.8, 4) is 0 Å². The van der Waals surface area contributed by atoms with Crippen molar-refractivity contribution in [2.45, 2.75) is 90.5 Å². The highest BCUT2D eigenvalue weighted by molar-refractivity contribution is 6.04. The molecule has 1 aromatic rings. The van der Waals surface area contributed by atoms with Gasteiger partial charge in [0, 0.05) is 5.69 Å². The van der Waals surface area contributed by atoms with Gasteiger partial charge >= 0.3 is 5.97 Å². The number of nitrogens with zero attached hydrogens (tertiary/aromatic N) is 1. The van der Waals surface area contributed by atoms with Gasteiger partial charge in [0.25, 0.3) is 0 Å². The molecule has 2 unspecified atom stereocenters. The third kappa shape index (κ3) is 3.76. The number of carbonyl (C=O) groups is 3. The average molecular weight is 501 g/mol. The number of ether oxygens (including phenoxy) is 2. The molecule has 36 heavy (non-hydrogen) atoms. The second-order valence-electron chi connectivity index (χ2n) is 10.7. The Labute approximate surface area is 213 Å². The number of anilines is 1. The van der Waals surface area contributed by atoms with Crippen LogP contribution in [0.1, 0.15) is 64.5 Å². The molecule has 8 nitrogen and oxygen atoms in total. The van der Waals surface area contributed by atoms with E-state index in [4.69, 9.17) is 9.47 Å². The van der Waals surface area contributed by atoms with Gasteiger partial charge in [0.05, 0.1) is 30.8 Å². The number of carbonyl (C=O) groups excluding carboxylic acids is 3. The van der Waals surface area contributed by atoms with E-state index in [2.05, 4.69) is 5.32 Å². The van der Waals surface area contributed by atoms with Crippen LogP contribution >= 0.6 is 0 Å².